The van der Waals surface area contributed by atoms with Gasteiger partial charge in [0.05, 0.1) is 7.11 Å². The van der Waals surface area contributed by atoms with Crippen LogP contribution in [0.3, 0.4) is 0 Å². The summed E-state index contributed by atoms with van der Waals surface area (Å²) < 4.78 is 4.61. The van der Waals surface area contributed by atoms with Crippen molar-refractivity contribution in [2.24, 2.45) is 11.7 Å². The highest BCUT2D eigenvalue weighted by atomic mass is 16.5. The highest BCUT2D eigenvalue weighted by molar-refractivity contribution is 5.88. The first-order chi connectivity index (χ1) is 7.11. The summed E-state index contributed by atoms with van der Waals surface area (Å²) >= 11 is 0. The van der Waals surface area contributed by atoms with E-state index in [4.69, 9.17) is 5.73 Å². The third-order valence-electron chi connectivity index (χ3n) is 2.36. The lowest BCUT2D eigenvalue weighted by Crippen LogP contribution is -2.21. The second-order valence-corrected chi connectivity index (χ2v) is 3.64. The van der Waals surface area contributed by atoms with Crippen molar-refractivity contribution in [1.29, 1.82) is 0 Å². The molecule has 6 heteroatoms. The highest BCUT2D eigenvalue weighted by Gasteiger charge is 2.25. The largest absolute Gasteiger partial charge is 0.464 e. The van der Waals surface area contributed by atoms with Crippen LogP contribution in [-0.4, -0.2) is 35.0 Å². The summed E-state index contributed by atoms with van der Waals surface area (Å²) in [5, 5.41) is 10.2. The van der Waals surface area contributed by atoms with E-state index in [2.05, 4.69) is 20.1 Å². The zero-order valence-corrected chi connectivity index (χ0v) is 9.15. The van der Waals surface area contributed by atoms with E-state index < -0.39 is 5.97 Å². The molecule has 15 heavy (non-hydrogen) atoms. The van der Waals surface area contributed by atoms with E-state index in [0.717, 1.165) is 0 Å². The molecule has 0 aromatic carbocycles. The maximum absolute atomic E-state index is 11.4. The number of nitrogens with one attached hydrogen (secondary N) is 1. The molecular weight excluding hydrogens is 196 g/mol. The molecule has 84 valence electrons. The minimum absolute atomic E-state index is 0.0119. The van der Waals surface area contributed by atoms with Gasteiger partial charge in [-0.15, -0.1) is 5.10 Å². The number of carbonyl (C=O) groups is 1. The van der Waals surface area contributed by atoms with Gasteiger partial charge in [-0.1, -0.05) is 13.8 Å². The molecule has 1 heterocycles. The summed E-state index contributed by atoms with van der Waals surface area (Å²) in [4.78, 5) is 11.4. The molecule has 0 radical (unpaired) electrons. The first kappa shape index (κ1) is 11.6. The molecule has 0 bridgehead atoms. The van der Waals surface area contributed by atoms with Gasteiger partial charge in [0.25, 0.3) is 0 Å². The fourth-order valence-corrected chi connectivity index (χ4v) is 1.44. The quantitative estimate of drug-likeness (QED) is 0.699. The SMILES string of the molecule is COC(=O)c1n[nH]nc1C(CN)C(C)C. The normalized spacial score (nSPS) is 12.9. The predicted molar refractivity (Wildman–Crippen MR) is 54.4 cm³/mol. The lowest BCUT2D eigenvalue weighted by Gasteiger charge is -2.16. The smallest absolute Gasteiger partial charge is 0.360 e. The van der Waals surface area contributed by atoms with Crippen molar-refractivity contribution >= 4 is 5.97 Å². The van der Waals surface area contributed by atoms with Gasteiger partial charge in [0.2, 0.25) is 0 Å². The van der Waals surface area contributed by atoms with Crippen molar-refractivity contribution in [2.75, 3.05) is 13.7 Å². The number of H-pyrrole nitrogens is 1. The van der Waals surface area contributed by atoms with Gasteiger partial charge in [0.15, 0.2) is 5.69 Å². The number of hydrogen-bond donors (Lipinski definition) is 2. The summed E-state index contributed by atoms with van der Waals surface area (Å²) in [6, 6.07) is 0. The average molecular weight is 212 g/mol. The van der Waals surface area contributed by atoms with E-state index in [9.17, 15) is 4.79 Å². The molecule has 0 aliphatic carbocycles. The Morgan fingerprint density at radius 3 is 2.67 bits per heavy atom. The Morgan fingerprint density at radius 1 is 1.53 bits per heavy atom. The molecule has 0 aliphatic heterocycles. The molecule has 0 spiro atoms. The topological polar surface area (TPSA) is 93.9 Å². The zero-order valence-electron chi connectivity index (χ0n) is 9.15. The Bertz CT molecular complexity index is 335. The minimum Gasteiger partial charge on any atom is -0.464 e. The first-order valence-corrected chi connectivity index (χ1v) is 4.80. The Morgan fingerprint density at radius 2 is 2.20 bits per heavy atom. The number of aromatic nitrogens is 3. The lowest BCUT2D eigenvalue weighted by atomic mass is 9.91. The van der Waals surface area contributed by atoms with Crippen molar-refractivity contribution in [3.8, 4) is 0 Å². The molecule has 6 nitrogen and oxygen atoms in total. The molecule has 0 aliphatic rings. The predicted octanol–water partition coefficient (Wildman–Crippen LogP) is 0.290. The molecule has 1 unspecified atom stereocenters. The number of nitrogens with two attached hydrogens (primary N) is 1. The van der Waals surface area contributed by atoms with Crippen LogP contribution >= 0.6 is 0 Å². The molecule has 3 N–H and O–H groups in total. The van der Waals surface area contributed by atoms with E-state index in [1.54, 1.807) is 0 Å². The second kappa shape index (κ2) is 4.88. The maximum atomic E-state index is 11.4. The first-order valence-electron chi connectivity index (χ1n) is 4.80. The summed E-state index contributed by atoms with van der Waals surface area (Å²) in [6.07, 6.45) is 0. The lowest BCUT2D eigenvalue weighted by molar-refractivity contribution is 0.0592. The third-order valence-corrected chi connectivity index (χ3v) is 2.36. The van der Waals surface area contributed by atoms with Gasteiger partial charge in [-0.05, 0) is 5.92 Å². The van der Waals surface area contributed by atoms with Crippen molar-refractivity contribution in [3.05, 3.63) is 11.4 Å². The fourth-order valence-electron chi connectivity index (χ4n) is 1.44. The van der Waals surface area contributed by atoms with Gasteiger partial charge >= 0.3 is 5.97 Å². The van der Waals surface area contributed by atoms with Crippen LogP contribution in [0.15, 0.2) is 0 Å². The number of hydrogen-bond acceptors (Lipinski definition) is 5. The minimum atomic E-state index is -0.488. The van der Waals surface area contributed by atoms with Crippen LogP contribution < -0.4 is 5.73 Å². The van der Waals surface area contributed by atoms with Crippen LogP contribution in [0.1, 0.15) is 35.9 Å². The second-order valence-electron chi connectivity index (χ2n) is 3.64. The number of carbonyl (C=O) groups excluding carboxylic acids is 1. The Hall–Kier alpha value is -1.43. The van der Waals surface area contributed by atoms with Gasteiger partial charge in [-0.2, -0.15) is 10.3 Å². The van der Waals surface area contributed by atoms with Crippen molar-refractivity contribution in [2.45, 2.75) is 19.8 Å². The monoisotopic (exact) mass is 212 g/mol. The molecule has 1 aromatic heterocycles. The summed E-state index contributed by atoms with van der Waals surface area (Å²) in [5.41, 5.74) is 6.45. The Kier molecular flexibility index (Phi) is 3.79. The van der Waals surface area contributed by atoms with E-state index >= 15 is 0 Å². The molecular formula is C9H16N4O2. The number of ether oxygens (including phenoxy) is 1. The summed E-state index contributed by atoms with van der Waals surface area (Å²) in [5.74, 6) is -0.181. The highest BCUT2D eigenvalue weighted by Crippen LogP contribution is 2.23. The summed E-state index contributed by atoms with van der Waals surface area (Å²) in [7, 11) is 1.31. The van der Waals surface area contributed by atoms with Gasteiger partial charge in [-0.25, -0.2) is 4.79 Å². The average Bonchev–Trinajstić information content (AvgIpc) is 2.66. The van der Waals surface area contributed by atoms with Crippen LogP contribution in [0.4, 0.5) is 0 Å². The van der Waals surface area contributed by atoms with Crippen LogP contribution in [0.5, 0.6) is 0 Å². The van der Waals surface area contributed by atoms with Crippen LogP contribution in [0.25, 0.3) is 0 Å². The Labute approximate surface area is 88.2 Å². The van der Waals surface area contributed by atoms with Crippen molar-refractivity contribution in [1.82, 2.24) is 15.4 Å². The molecule has 0 fully saturated rings. The molecule has 0 saturated carbocycles. The standard InChI is InChI=1S/C9H16N4O2/c1-5(2)6(4-10)7-8(9(14)15-3)12-13-11-7/h5-6H,4,10H2,1-3H3,(H,11,12,13). The van der Waals surface area contributed by atoms with Gasteiger partial charge in [0.1, 0.15) is 5.69 Å². The Balaban J connectivity index is 3.02. The van der Waals surface area contributed by atoms with Gasteiger partial charge < -0.3 is 10.5 Å². The van der Waals surface area contributed by atoms with Crippen LogP contribution in [0, 0.1) is 5.92 Å². The molecule has 1 atom stereocenters. The number of esters is 1. The van der Waals surface area contributed by atoms with Crippen molar-refractivity contribution < 1.29 is 9.53 Å². The van der Waals surface area contributed by atoms with Gasteiger partial charge in [0, 0.05) is 12.5 Å². The molecule has 0 amide bonds. The van der Waals surface area contributed by atoms with Crippen LogP contribution in [0.2, 0.25) is 0 Å². The molecule has 1 aromatic rings. The number of methoxy groups -OCH3 is 1. The summed E-state index contributed by atoms with van der Waals surface area (Å²) in [6.45, 7) is 4.47. The molecule has 0 saturated heterocycles. The van der Waals surface area contributed by atoms with E-state index in [1.807, 2.05) is 13.8 Å². The van der Waals surface area contributed by atoms with Crippen LogP contribution in [-0.2, 0) is 4.74 Å². The number of aromatic amines is 1. The maximum Gasteiger partial charge on any atom is 0.360 e. The van der Waals surface area contributed by atoms with E-state index in [0.29, 0.717) is 18.2 Å². The molecule has 1 rings (SSSR count). The number of nitrogens with zero attached hydrogens (tertiary/aromatic N) is 2. The van der Waals surface area contributed by atoms with E-state index in [1.165, 1.54) is 7.11 Å². The fraction of sp³-hybridized carbons (Fsp3) is 0.667. The zero-order chi connectivity index (χ0) is 11.4. The number of rotatable bonds is 4. The third kappa shape index (κ3) is 2.33. The van der Waals surface area contributed by atoms with Gasteiger partial charge in [-0.3, -0.25) is 0 Å². The van der Waals surface area contributed by atoms with Crippen molar-refractivity contribution in [3.63, 3.8) is 0 Å². The van der Waals surface area contributed by atoms with E-state index in [-0.39, 0.29) is 11.6 Å².